The van der Waals surface area contributed by atoms with Crippen molar-refractivity contribution in [2.75, 3.05) is 13.7 Å². The number of nitrogens with one attached hydrogen (secondary N) is 1. The molecule has 7 nitrogen and oxygen atoms in total. The van der Waals surface area contributed by atoms with E-state index in [1.807, 2.05) is 29.2 Å². The number of carbonyl (C=O) groups is 2. The van der Waals surface area contributed by atoms with Gasteiger partial charge in [-0.05, 0) is 91.5 Å². The first-order chi connectivity index (χ1) is 21.9. The molecule has 1 aromatic heterocycles. The van der Waals surface area contributed by atoms with Crippen molar-refractivity contribution in [3.8, 4) is 5.75 Å². The van der Waals surface area contributed by atoms with E-state index in [1.165, 1.54) is 29.9 Å². The molecule has 0 unspecified atom stereocenters. The van der Waals surface area contributed by atoms with Crippen LogP contribution in [0.15, 0.2) is 93.7 Å². The van der Waals surface area contributed by atoms with Gasteiger partial charge in [0.1, 0.15) is 11.3 Å². The largest absolute Gasteiger partial charge is 0.497 e. The number of hydrogen-bond acceptors (Lipinski definition) is 5. The molecule has 1 atom stereocenters. The first-order valence-corrected chi connectivity index (χ1v) is 16.0. The second-order valence-corrected chi connectivity index (χ2v) is 12.4. The molecule has 3 aromatic carbocycles. The van der Waals surface area contributed by atoms with E-state index < -0.39 is 5.91 Å². The van der Waals surface area contributed by atoms with Gasteiger partial charge in [0, 0.05) is 30.6 Å². The first kappa shape index (κ1) is 30.7. The average molecular weight is 625 g/mol. The SMILES string of the molecule is COc1ccc2oc(C(=O)N[C@@H](C=C3CCC(c4ccccc4CN4CCCC4=O)CC3)Cc3ccc(Cl)cc3)cc(=O)c2c1. The van der Waals surface area contributed by atoms with Gasteiger partial charge in [-0.1, -0.05) is 59.6 Å². The van der Waals surface area contributed by atoms with Crippen LogP contribution in [0.1, 0.15) is 71.7 Å². The number of ether oxygens (including phenoxy) is 1. The fourth-order valence-electron chi connectivity index (χ4n) is 6.54. The maximum atomic E-state index is 13.5. The van der Waals surface area contributed by atoms with Gasteiger partial charge in [0.25, 0.3) is 5.91 Å². The Kier molecular flexibility index (Phi) is 9.36. The molecule has 2 amide bonds. The van der Waals surface area contributed by atoms with E-state index in [0.29, 0.717) is 47.0 Å². The summed E-state index contributed by atoms with van der Waals surface area (Å²) < 4.78 is 11.1. The van der Waals surface area contributed by atoms with Gasteiger partial charge < -0.3 is 19.4 Å². The number of hydrogen-bond donors (Lipinski definition) is 1. The minimum Gasteiger partial charge on any atom is -0.497 e. The van der Waals surface area contributed by atoms with Crippen LogP contribution in [-0.2, 0) is 17.8 Å². The third kappa shape index (κ3) is 7.31. The maximum Gasteiger partial charge on any atom is 0.287 e. The lowest BCUT2D eigenvalue weighted by Crippen LogP contribution is -2.36. The molecule has 1 saturated carbocycles. The summed E-state index contributed by atoms with van der Waals surface area (Å²) in [6.45, 7) is 1.52. The summed E-state index contributed by atoms with van der Waals surface area (Å²) in [5.74, 6) is 0.733. The summed E-state index contributed by atoms with van der Waals surface area (Å²) in [5.41, 5.74) is 4.94. The van der Waals surface area contributed by atoms with E-state index in [4.69, 9.17) is 20.8 Å². The van der Waals surface area contributed by atoms with Crippen LogP contribution in [-0.4, -0.2) is 36.4 Å². The highest BCUT2D eigenvalue weighted by Crippen LogP contribution is 2.37. The Labute approximate surface area is 267 Å². The Hall–Kier alpha value is -4.36. The van der Waals surface area contributed by atoms with Crippen LogP contribution in [0.2, 0.25) is 5.02 Å². The Morgan fingerprint density at radius 2 is 1.82 bits per heavy atom. The summed E-state index contributed by atoms with van der Waals surface area (Å²) in [6, 6.07) is 22.0. The second-order valence-electron chi connectivity index (χ2n) is 12.0. The van der Waals surface area contributed by atoms with Gasteiger partial charge in [-0.25, -0.2) is 0 Å². The van der Waals surface area contributed by atoms with Gasteiger partial charge in [-0.3, -0.25) is 14.4 Å². The quantitative estimate of drug-likeness (QED) is 0.199. The van der Waals surface area contributed by atoms with E-state index in [9.17, 15) is 14.4 Å². The molecule has 6 rings (SSSR count). The van der Waals surface area contributed by atoms with Gasteiger partial charge in [-0.2, -0.15) is 0 Å². The fourth-order valence-corrected chi connectivity index (χ4v) is 6.67. The zero-order valence-electron chi connectivity index (χ0n) is 25.4. The fraction of sp³-hybridized carbons (Fsp3) is 0.324. The molecule has 232 valence electrons. The topological polar surface area (TPSA) is 88.8 Å². The number of benzene rings is 3. The van der Waals surface area contributed by atoms with Crippen LogP contribution < -0.4 is 15.5 Å². The summed E-state index contributed by atoms with van der Waals surface area (Å²) in [6.07, 6.45) is 8.16. The van der Waals surface area contributed by atoms with Crippen molar-refractivity contribution < 1.29 is 18.7 Å². The minimum absolute atomic E-state index is 0.0334. The Bertz CT molecular complexity index is 1790. The van der Waals surface area contributed by atoms with Crippen LogP contribution in [0, 0.1) is 0 Å². The van der Waals surface area contributed by atoms with Gasteiger partial charge in [0.15, 0.2) is 11.2 Å². The molecular weight excluding hydrogens is 588 g/mol. The molecule has 4 aromatic rings. The molecule has 0 radical (unpaired) electrons. The number of nitrogens with zero attached hydrogens (tertiary/aromatic N) is 1. The average Bonchev–Trinajstić information content (AvgIpc) is 3.46. The lowest BCUT2D eigenvalue weighted by atomic mass is 9.79. The van der Waals surface area contributed by atoms with E-state index in [-0.39, 0.29) is 23.1 Å². The summed E-state index contributed by atoms with van der Waals surface area (Å²) in [4.78, 5) is 40.6. The predicted molar refractivity (Wildman–Crippen MR) is 176 cm³/mol. The van der Waals surface area contributed by atoms with Gasteiger partial charge in [0.05, 0.1) is 18.5 Å². The number of fused-ring (bicyclic) bond motifs is 1. The number of allylic oxidation sites excluding steroid dienone is 1. The molecule has 0 bridgehead atoms. The minimum atomic E-state index is -0.445. The smallest absolute Gasteiger partial charge is 0.287 e. The maximum absolute atomic E-state index is 13.5. The zero-order chi connectivity index (χ0) is 31.3. The van der Waals surface area contributed by atoms with Crippen molar-refractivity contribution in [2.45, 2.75) is 63.5 Å². The Balaban J connectivity index is 1.19. The van der Waals surface area contributed by atoms with Gasteiger partial charge in [-0.15, -0.1) is 0 Å². The van der Waals surface area contributed by atoms with Crippen molar-refractivity contribution in [1.29, 1.82) is 0 Å². The highest BCUT2D eigenvalue weighted by Gasteiger charge is 2.25. The van der Waals surface area contributed by atoms with Gasteiger partial charge in [0.2, 0.25) is 5.91 Å². The van der Waals surface area contributed by atoms with Crippen molar-refractivity contribution in [3.05, 3.63) is 122 Å². The van der Waals surface area contributed by atoms with Crippen LogP contribution in [0.3, 0.4) is 0 Å². The molecule has 45 heavy (non-hydrogen) atoms. The molecule has 2 fully saturated rings. The molecule has 1 saturated heterocycles. The lowest BCUT2D eigenvalue weighted by molar-refractivity contribution is -0.128. The van der Waals surface area contributed by atoms with E-state index in [1.54, 1.807) is 18.2 Å². The lowest BCUT2D eigenvalue weighted by Gasteiger charge is -2.28. The Morgan fingerprint density at radius 3 is 2.56 bits per heavy atom. The van der Waals surface area contributed by atoms with Crippen molar-refractivity contribution in [1.82, 2.24) is 10.2 Å². The van der Waals surface area contributed by atoms with Crippen molar-refractivity contribution in [3.63, 3.8) is 0 Å². The molecule has 1 N–H and O–H groups in total. The molecule has 8 heteroatoms. The van der Waals surface area contributed by atoms with Crippen LogP contribution in [0.4, 0.5) is 0 Å². The molecule has 2 aliphatic rings. The molecule has 1 aliphatic heterocycles. The van der Waals surface area contributed by atoms with Crippen LogP contribution in [0.25, 0.3) is 11.0 Å². The van der Waals surface area contributed by atoms with E-state index in [2.05, 4.69) is 35.7 Å². The zero-order valence-corrected chi connectivity index (χ0v) is 26.1. The summed E-state index contributed by atoms with van der Waals surface area (Å²) in [5, 5.41) is 4.12. The van der Waals surface area contributed by atoms with Gasteiger partial charge >= 0.3 is 0 Å². The third-order valence-corrected chi connectivity index (χ3v) is 9.19. The monoisotopic (exact) mass is 624 g/mol. The van der Waals surface area contributed by atoms with Crippen LogP contribution in [0.5, 0.6) is 5.75 Å². The number of methoxy groups -OCH3 is 1. The third-order valence-electron chi connectivity index (χ3n) is 8.94. The molecule has 2 heterocycles. The number of likely N-dealkylation sites (tertiary alicyclic amines) is 1. The number of halogens is 1. The number of carbonyl (C=O) groups excluding carboxylic acids is 2. The summed E-state index contributed by atoms with van der Waals surface area (Å²) >= 11 is 6.13. The standard InChI is InChI=1S/C37H37ClN2O5/c1-44-30-16-17-34-32(21-30)33(41)22-35(45-34)37(43)39-29(20-25-10-14-28(38)15-11-25)19-24-8-12-26(13-9-24)31-6-3-2-5-27(31)23-40-18-4-7-36(40)42/h2-3,5-6,10-11,14-17,19,21-22,26,29H,4,7-9,12-13,18,20,23H2,1H3,(H,39,43)/t26?,29-/m0/s1. The molecule has 0 spiro atoms. The highest BCUT2D eigenvalue weighted by atomic mass is 35.5. The number of amides is 2. The first-order valence-electron chi connectivity index (χ1n) is 15.6. The van der Waals surface area contributed by atoms with Crippen molar-refractivity contribution >= 4 is 34.4 Å². The van der Waals surface area contributed by atoms with Crippen molar-refractivity contribution in [2.24, 2.45) is 0 Å². The summed E-state index contributed by atoms with van der Waals surface area (Å²) in [7, 11) is 1.53. The van der Waals surface area contributed by atoms with E-state index >= 15 is 0 Å². The second kappa shape index (κ2) is 13.7. The highest BCUT2D eigenvalue weighted by molar-refractivity contribution is 6.30. The number of rotatable bonds is 9. The predicted octanol–water partition coefficient (Wildman–Crippen LogP) is 7.20. The molecular formula is C37H37ClN2O5. The normalized spacial score (nSPS) is 17.4. The van der Waals surface area contributed by atoms with E-state index in [0.717, 1.165) is 44.2 Å². The molecule has 1 aliphatic carbocycles. The Morgan fingerprint density at radius 1 is 1.04 bits per heavy atom. The van der Waals surface area contributed by atoms with Crippen LogP contribution >= 0.6 is 11.6 Å².